The van der Waals surface area contributed by atoms with Gasteiger partial charge in [0.25, 0.3) is 0 Å². The molecule has 0 radical (unpaired) electrons. The minimum Gasteiger partial charge on any atom is -0.490 e. The molecule has 2 rings (SSSR count). The fraction of sp³-hybridized carbons (Fsp3) is 0.625. The topological polar surface area (TPSA) is 60.0 Å². The third-order valence-electron chi connectivity index (χ3n) is 3.56. The van der Waals surface area contributed by atoms with Crippen LogP contribution in [0.1, 0.15) is 39.7 Å². The molecule has 118 valence electrons. The number of hydrogen-bond donors (Lipinski definition) is 2. The van der Waals surface area contributed by atoms with Crippen LogP contribution in [-0.2, 0) is 6.54 Å². The molecule has 0 fully saturated rings. The van der Waals surface area contributed by atoms with Crippen LogP contribution in [0.2, 0.25) is 0 Å². The van der Waals surface area contributed by atoms with Crippen molar-refractivity contribution >= 4 is 0 Å². The number of fused-ring (bicyclic) bond motifs is 1. The first-order chi connectivity index (χ1) is 9.91. The Bertz CT molecular complexity index is 485. The van der Waals surface area contributed by atoms with E-state index in [1.807, 2.05) is 19.1 Å². The van der Waals surface area contributed by atoms with Gasteiger partial charge >= 0.3 is 0 Å². The molecule has 1 aromatic rings. The van der Waals surface area contributed by atoms with E-state index in [-0.39, 0.29) is 13.4 Å². The molecule has 21 heavy (non-hydrogen) atoms. The number of nitrogens with one attached hydrogen (secondary N) is 1. The molecule has 0 aliphatic carbocycles. The quantitative estimate of drug-likeness (QED) is 0.809. The van der Waals surface area contributed by atoms with Gasteiger partial charge in [-0.05, 0) is 19.4 Å². The van der Waals surface area contributed by atoms with Gasteiger partial charge in [0.1, 0.15) is 12.4 Å². The Morgan fingerprint density at radius 1 is 1.33 bits per heavy atom. The van der Waals surface area contributed by atoms with Crippen molar-refractivity contribution in [2.24, 2.45) is 0 Å². The lowest BCUT2D eigenvalue weighted by Gasteiger charge is -2.23. The summed E-state index contributed by atoms with van der Waals surface area (Å²) in [5, 5.41) is 13.5. The Hall–Kier alpha value is -1.46. The van der Waals surface area contributed by atoms with Crippen molar-refractivity contribution in [3.8, 4) is 17.2 Å². The summed E-state index contributed by atoms with van der Waals surface area (Å²) in [7, 11) is 0. The predicted octanol–water partition coefficient (Wildman–Crippen LogP) is 2.45. The summed E-state index contributed by atoms with van der Waals surface area (Å²) in [5.74, 6) is 2.15. The summed E-state index contributed by atoms with van der Waals surface area (Å²) in [6, 6.07) is 4.15. The summed E-state index contributed by atoms with van der Waals surface area (Å²) in [5.41, 5.74) is 0.166. The third-order valence-corrected chi connectivity index (χ3v) is 3.56. The predicted molar refractivity (Wildman–Crippen MR) is 81.0 cm³/mol. The van der Waals surface area contributed by atoms with Gasteiger partial charge in [0.05, 0.1) is 5.60 Å². The summed E-state index contributed by atoms with van der Waals surface area (Å²) in [6.07, 6.45) is 0.636. The first-order valence-electron chi connectivity index (χ1n) is 7.42. The van der Waals surface area contributed by atoms with Crippen LogP contribution in [0.5, 0.6) is 17.2 Å². The second kappa shape index (κ2) is 6.54. The van der Waals surface area contributed by atoms with Crippen LogP contribution in [-0.4, -0.2) is 30.1 Å². The lowest BCUT2D eigenvalue weighted by Crippen LogP contribution is -2.31. The normalized spacial score (nSPS) is 16.1. The summed E-state index contributed by atoms with van der Waals surface area (Å²) in [6.45, 7) is 9.05. The van der Waals surface area contributed by atoms with Crippen LogP contribution >= 0.6 is 0 Å². The Kier molecular flexibility index (Phi) is 4.96. The maximum atomic E-state index is 10.1. The zero-order chi connectivity index (χ0) is 15.5. The smallest absolute Gasteiger partial charge is 0.231 e. The third kappa shape index (κ3) is 4.25. The molecule has 0 aromatic heterocycles. The van der Waals surface area contributed by atoms with Gasteiger partial charge in [0, 0.05) is 24.2 Å². The molecule has 2 N–H and O–H groups in total. The minimum atomic E-state index is -0.834. The van der Waals surface area contributed by atoms with E-state index >= 15 is 0 Å². The fourth-order valence-electron chi connectivity index (χ4n) is 1.89. The van der Waals surface area contributed by atoms with Gasteiger partial charge in [-0.25, -0.2) is 0 Å². The maximum Gasteiger partial charge on any atom is 0.231 e. The highest BCUT2D eigenvalue weighted by atomic mass is 16.7. The molecule has 0 bridgehead atoms. The largest absolute Gasteiger partial charge is 0.490 e. The molecular weight excluding hydrogens is 270 g/mol. The molecule has 1 aliphatic heterocycles. The molecule has 1 aromatic carbocycles. The molecule has 1 aliphatic rings. The monoisotopic (exact) mass is 295 g/mol. The van der Waals surface area contributed by atoms with Crippen LogP contribution in [0.4, 0.5) is 0 Å². The fourth-order valence-corrected chi connectivity index (χ4v) is 1.89. The summed E-state index contributed by atoms with van der Waals surface area (Å²) < 4.78 is 16.6. The lowest BCUT2D eigenvalue weighted by atomic mass is 10.1. The number of aliphatic hydroxyl groups is 1. The van der Waals surface area contributed by atoms with E-state index in [0.717, 1.165) is 17.1 Å². The first kappa shape index (κ1) is 15.9. The molecule has 0 amide bonds. The molecule has 0 saturated heterocycles. The van der Waals surface area contributed by atoms with Gasteiger partial charge in [-0.1, -0.05) is 20.8 Å². The molecule has 5 nitrogen and oxygen atoms in total. The molecule has 5 heteroatoms. The van der Waals surface area contributed by atoms with Crippen molar-refractivity contribution in [3.63, 3.8) is 0 Å². The zero-order valence-corrected chi connectivity index (χ0v) is 13.2. The van der Waals surface area contributed by atoms with Crippen molar-refractivity contribution in [1.29, 1.82) is 0 Å². The average Bonchev–Trinajstić information content (AvgIpc) is 2.89. The van der Waals surface area contributed by atoms with Gasteiger partial charge < -0.3 is 24.6 Å². The van der Waals surface area contributed by atoms with Crippen LogP contribution in [0.25, 0.3) is 0 Å². The van der Waals surface area contributed by atoms with Crippen molar-refractivity contribution < 1.29 is 19.3 Å². The minimum absolute atomic E-state index is 0.239. The zero-order valence-electron chi connectivity index (χ0n) is 13.2. The van der Waals surface area contributed by atoms with Gasteiger partial charge in [-0.3, -0.25) is 0 Å². The van der Waals surface area contributed by atoms with Gasteiger partial charge in [-0.2, -0.15) is 0 Å². The van der Waals surface area contributed by atoms with E-state index in [2.05, 4.69) is 19.2 Å². The molecule has 0 spiro atoms. The van der Waals surface area contributed by atoms with Crippen LogP contribution < -0.4 is 19.5 Å². The average molecular weight is 295 g/mol. The number of rotatable bonds is 7. The van der Waals surface area contributed by atoms with Gasteiger partial charge in [0.2, 0.25) is 6.79 Å². The Balaban J connectivity index is 2.16. The molecule has 1 heterocycles. The van der Waals surface area contributed by atoms with E-state index in [0.29, 0.717) is 24.8 Å². The molecule has 1 unspecified atom stereocenters. The van der Waals surface area contributed by atoms with Crippen molar-refractivity contribution in [3.05, 3.63) is 17.7 Å². The Morgan fingerprint density at radius 3 is 2.62 bits per heavy atom. The lowest BCUT2D eigenvalue weighted by molar-refractivity contribution is 0.00809. The first-order valence-corrected chi connectivity index (χ1v) is 7.42. The van der Waals surface area contributed by atoms with E-state index in [9.17, 15) is 5.11 Å². The highest BCUT2D eigenvalue weighted by Crippen LogP contribution is 2.38. The van der Waals surface area contributed by atoms with Crippen molar-refractivity contribution in [2.75, 3.05) is 13.4 Å². The Morgan fingerprint density at radius 2 is 2.00 bits per heavy atom. The number of hydrogen-bond acceptors (Lipinski definition) is 5. The molecule has 1 atom stereocenters. The number of ether oxygens (including phenoxy) is 3. The van der Waals surface area contributed by atoms with E-state index < -0.39 is 5.60 Å². The molecule has 0 saturated carbocycles. The second-order valence-corrected chi connectivity index (χ2v) is 5.99. The van der Waals surface area contributed by atoms with Crippen LogP contribution in [0.15, 0.2) is 12.1 Å². The highest BCUT2D eigenvalue weighted by Gasteiger charge is 2.22. The Labute approximate surface area is 126 Å². The van der Waals surface area contributed by atoms with E-state index in [1.165, 1.54) is 0 Å². The van der Waals surface area contributed by atoms with Gasteiger partial charge in [-0.15, -0.1) is 0 Å². The van der Waals surface area contributed by atoms with Crippen LogP contribution in [0, 0.1) is 0 Å². The molecular formula is C16H25NO4. The van der Waals surface area contributed by atoms with Crippen molar-refractivity contribution in [2.45, 2.75) is 52.3 Å². The van der Waals surface area contributed by atoms with E-state index in [4.69, 9.17) is 14.2 Å². The van der Waals surface area contributed by atoms with Crippen molar-refractivity contribution in [1.82, 2.24) is 5.32 Å². The van der Waals surface area contributed by atoms with E-state index in [1.54, 1.807) is 6.92 Å². The van der Waals surface area contributed by atoms with Gasteiger partial charge in [0.15, 0.2) is 11.5 Å². The van der Waals surface area contributed by atoms with Crippen LogP contribution in [0.3, 0.4) is 0 Å². The number of benzene rings is 1. The summed E-state index contributed by atoms with van der Waals surface area (Å²) >= 11 is 0. The SMILES string of the molecule is CCC(C)(O)COc1cc2c(cc1CNC(C)C)OCO2. The standard InChI is InChI=1S/C16H25NO4/c1-5-16(4,18)9-19-13-7-15-14(20-10-21-15)6-12(13)8-17-11(2)3/h6-7,11,17-18H,5,8-10H2,1-4H3. The second-order valence-electron chi connectivity index (χ2n) is 5.99. The maximum absolute atomic E-state index is 10.1. The summed E-state index contributed by atoms with van der Waals surface area (Å²) in [4.78, 5) is 0. The highest BCUT2D eigenvalue weighted by molar-refractivity contribution is 5.51.